The van der Waals surface area contributed by atoms with Crippen LogP contribution in [0.4, 0.5) is 11.4 Å². The predicted molar refractivity (Wildman–Crippen MR) is 124 cm³/mol. The second kappa shape index (κ2) is 11.0. The highest BCUT2D eigenvalue weighted by molar-refractivity contribution is 6.31. The van der Waals surface area contributed by atoms with Crippen LogP contribution in [0.1, 0.15) is 23.2 Å². The molecule has 1 saturated heterocycles. The number of halogens is 1. The van der Waals surface area contributed by atoms with Gasteiger partial charge in [0.2, 0.25) is 5.91 Å². The van der Waals surface area contributed by atoms with Gasteiger partial charge in [-0.2, -0.15) is 0 Å². The lowest BCUT2D eigenvalue weighted by molar-refractivity contribution is -0.116. The molecule has 1 fully saturated rings. The molecule has 3 rings (SSSR count). The summed E-state index contributed by atoms with van der Waals surface area (Å²) in [6, 6.07) is 12.5. The number of anilines is 2. The first-order chi connectivity index (χ1) is 15.0. The van der Waals surface area contributed by atoms with Crippen molar-refractivity contribution in [2.75, 3.05) is 57.1 Å². The van der Waals surface area contributed by atoms with Gasteiger partial charge in [0.05, 0.1) is 18.5 Å². The Labute approximate surface area is 188 Å². The molecule has 0 spiro atoms. The summed E-state index contributed by atoms with van der Waals surface area (Å²) in [7, 11) is 3.69. The molecule has 31 heavy (non-hydrogen) atoms. The molecule has 2 aromatic carbocycles. The topological polar surface area (TPSA) is 73.9 Å². The van der Waals surface area contributed by atoms with Gasteiger partial charge in [0, 0.05) is 49.7 Å². The van der Waals surface area contributed by atoms with Gasteiger partial charge < -0.3 is 25.2 Å². The monoisotopic (exact) mass is 444 g/mol. The van der Waals surface area contributed by atoms with Crippen LogP contribution in [0.5, 0.6) is 5.75 Å². The van der Waals surface area contributed by atoms with E-state index in [-0.39, 0.29) is 11.8 Å². The molecule has 0 bridgehead atoms. The Kier molecular flexibility index (Phi) is 8.14. The Bertz CT molecular complexity index is 896. The number of carbonyl (C=O) groups excluding carboxylic acids is 2. The number of nitrogens with zero attached hydrogens (tertiary/aromatic N) is 2. The number of piperazine rings is 1. The first kappa shape index (κ1) is 22.9. The number of ether oxygens (including phenoxy) is 1. The average molecular weight is 445 g/mol. The third-order valence-electron chi connectivity index (χ3n) is 5.30. The quantitative estimate of drug-likeness (QED) is 0.611. The molecular weight excluding hydrogens is 416 g/mol. The largest absolute Gasteiger partial charge is 0.497 e. The molecule has 2 aromatic rings. The first-order valence-corrected chi connectivity index (χ1v) is 10.8. The Hall–Kier alpha value is -2.77. The molecule has 166 valence electrons. The number of carbonyl (C=O) groups is 2. The number of hydrogen-bond donors (Lipinski definition) is 2. The van der Waals surface area contributed by atoms with Gasteiger partial charge in [-0.05, 0) is 55.9 Å². The van der Waals surface area contributed by atoms with Crippen molar-refractivity contribution in [1.82, 2.24) is 10.2 Å². The van der Waals surface area contributed by atoms with E-state index in [2.05, 4.69) is 27.5 Å². The number of rotatable bonds is 8. The van der Waals surface area contributed by atoms with Gasteiger partial charge in [0.15, 0.2) is 0 Å². The van der Waals surface area contributed by atoms with Gasteiger partial charge in [0.1, 0.15) is 5.75 Å². The summed E-state index contributed by atoms with van der Waals surface area (Å²) in [6.07, 6.45) is 0.843. The van der Waals surface area contributed by atoms with Crippen molar-refractivity contribution in [2.24, 2.45) is 0 Å². The fourth-order valence-corrected chi connectivity index (χ4v) is 3.61. The lowest BCUT2D eigenvalue weighted by Crippen LogP contribution is -2.44. The third kappa shape index (κ3) is 6.60. The van der Waals surface area contributed by atoms with E-state index in [4.69, 9.17) is 16.3 Å². The Morgan fingerprint density at radius 3 is 2.45 bits per heavy atom. The van der Waals surface area contributed by atoms with Crippen molar-refractivity contribution in [2.45, 2.75) is 12.8 Å². The van der Waals surface area contributed by atoms with Crippen molar-refractivity contribution in [3.63, 3.8) is 0 Å². The molecule has 1 heterocycles. The van der Waals surface area contributed by atoms with Gasteiger partial charge in [-0.25, -0.2) is 0 Å². The fourth-order valence-electron chi connectivity index (χ4n) is 3.44. The minimum Gasteiger partial charge on any atom is -0.497 e. The van der Waals surface area contributed by atoms with Gasteiger partial charge in [-0.15, -0.1) is 0 Å². The summed E-state index contributed by atoms with van der Waals surface area (Å²) < 4.78 is 5.09. The molecule has 8 heteroatoms. The Morgan fingerprint density at radius 2 is 1.77 bits per heavy atom. The molecule has 1 aliphatic rings. The molecule has 0 aliphatic carbocycles. The SMILES string of the molecule is COc1ccc(C(=O)NCCCC(=O)Nc2cc(Cl)ccc2N2CCN(C)CC2)cc1. The second-order valence-corrected chi connectivity index (χ2v) is 8.02. The molecule has 2 N–H and O–H groups in total. The summed E-state index contributed by atoms with van der Waals surface area (Å²) in [5, 5.41) is 6.41. The van der Waals surface area contributed by atoms with E-state index in [1.165, 1.54) is 0 Å². The van der Waals surface area contributed by atoms with Crippen LogP contribution in [0, 0.1) is 0 Å². The predicted octanol–water partition coefficient (Wildman–Crippen LogP) is 3.25. The smallest absolute Gasteiger partial charge is 0.251 e. The van der Waals surface area contributed by atoms with E-state index in [1.54, 1.807) is 37.4 Å². The number of methoxy groups -OCH3 is 1. The molecule has 7 nitrogen and oxygen atoms in total. The maximum absolute atomic E-state index is 12.5. The van der Waals surface area contributed by atoms with Gasteiger partial charge >= 0.3 is 0 Å². The summed E-state index contributed by atoms with van der Waals surface area (Å²) in [5.74, 6) is 0.428. The highest BCUT2D eigenvalue weighted by Crippen LogP contribution is 2.30. The lowest BCUT2D eigenvalue weighted by Gasteiger charge is -2.35. The number of nitrogens with one attached hydrogen (secondary N) is 2. The van der Waals surface area contributed by atoms with Gasteiger partial charge in [0.25, 0.3) is 5.91 Å². The maximum atomic E-state index is 12.5. The molecule has 1 aliphatic heterocycles. The zero-order valence-corrected chi connectivity index (χ0v) is 18.7. The van der Waals surface area contributed by atoms with E-state index < -0.39 is 0 Å². The molecular formula is C23H29ClN4O3. The lowest BCUT2D eigenvalue weighted by atomic mass is 10.2. The maximum Gasteiger partial charge on any atom is 0.251 e. The van der Waals surface area contributed by atoms with Crippen molar-refractivity contribution >= 4 is 34.8 Å². The minimum absolute atomic E-state index is 0.101. The van der Waals surface area contributed by atoms with Crippen molar-refractivity contribution in [1.29, 1.82) is 0 Å². The Morgan fingerprint density at radius 1 is 1.06 bits per heavy atom. The summed E-state index contributed by atoms with van der Waals surface area (Å²) >= 11 is 6.17. The standard InChI is InChI=1S/C23H29ClN4O3/c1-27-12-14-28(15-13-27)21-10-7-18(24)16-20(21)26-22(29)4-3-11-25-23(30)17-5-8-19(31-2)9-6-17/h5-10,16H,3-4,11-15H2,1-2H3,(H,25,30)(H,26,29). The van der Waals surface area contributed by atoms with Crippen LogP contribution >= 0.6 is 11.6 Å². The van der Waals surface area contributed by atoms with Crippen molar-refractivity contribution in [3.8, 4) is 5.75 Å². The first-order valence-electron chi connectivity index (χ1n) is 10.4. The van der Waals surface area contributed by atoms with E-state index in [9.17, 15) is 9.59 Å². The highest BCUT2D eigenvalue weighted by Gasteiger charge is 2.18. The molecule has 0 radical (unpaired) electrons. The van der Waals surface area contributed by atoms with Gasteiger partial charge in [-0.1, -0.05) is 11.6 Å². The molecule has 0 aromatic heterocycles. The minimum atomic E-state index is -0.171. The fraction of sp³-hybridized carbons (Fsp3) is 0.391. The van der Waals surface area contributed by atoms with Crippen LogP contribution in [0.25, 0.3) is 0 Å². The van der Waals surface area contributed by atoms with Crippen molar-refractivity contribution < 1.29 is 14.3 Å². The molecule has 2 amide bonds. The molecule has 0 atom stereocenters. The second-order valence-electron chi connectivity index (χ2n) is 7.59. The average Bonchev–Trinajstić information content (AvgIpc) is 2.77. The van der Waals surface area contributed by atoms with E-state index in [1.807, 2.05) is 12.1 Å². The van der Waals surface area contributed by atoms with Crippen LogP contribution in [0.2, 0.25) is 5.02 Å². The van der Waals surface area contributed by atoms with Crippen LogP contribution in [0.15, 0.2) is 42.5 Å². The third-order valence-corrected chi connectivity index (χ3v) is 5.53. The van der Waals surface area contributed by atoms with Crippen LogP contribution in [-0.2, 0) is 4.79 Å². The number of likely N-dealkylation sites (N-methyl/N-ethyl adjacent to an activating group) is 1. The molecule has 0 unspecified atom stereocenters. The van der Waals surface area contributed by atoms with Gasteiger partial charge in [-0.3, -0.25) is 9.59 Å². The van der Waals surface area contributed by atoms with E-state index in [0.717, 1.165) is 37.6 Å². The normalized spacial score (nSPS) is 14.2. The van der Waals surface area contributed by atoms with Crippen LogP contribution in [0.3, 0.4) is 0 Å². The van der Waals surface area contributed by atoms with Crippen molar-refractivity contribution in [3.05, 3.63) is 53.1 Å². The van der Waals surface area contributed by atoms with E-state index in [0.29, 0.717) is 35.7 Å². The summed E-state index contributed by atoms with van der Waals surface area (Å²) in [5.41, 5.74) is 2.27. The number of benzene rings is 2. The zero-order chi connectivity index (χ0) is 22.2. The van der Waals surface area contributed by atoms with E-state index >= 15 is 0 Å². The van der Waals surface area contributed by atoms with Crippen LogP contribution < -0.4 is 20.3 Å². The number of amides is 2. The molecule has 0 saturated carbocycles. The summed E-state index contributed by atoms with van der Waals surface area (Å²) in [4.78, 5) is 29.2. The highest BCUT2D eigenvalue weighted by atomic mass is 35.5. The Balaban J connectivity index is 1.48. The summed E-state index contributed by atoms with van der Waals surface area (Å²) in [6.45, 7) is 4.17. The number of hydrogen-bond acceptors (Lipinski definition) is 5. The van der Waals surface area contributed by atoms with Crippen LogP contribution in [-0.4, -0.2) is 63.6 Å². The zero-order valence-electron chi connectivity index (χ0n) is 18.0.